The Balaban J connectivity index is 0. The first-order valence-electron chi connectivity index (χ1n) is 2.19. The summed E-state index contributed by atoms with van der Waals surface area (Å²) in [5.41, 5.74) is 2.25. The van der Waals surface area contributed by atoms with Crippen LogP contribution in [0.4, 0.5) is 0 Å². The van der Waals surface area contributed by atoms with E-state index in [1.54, 1.807) is 0 Å². The third-order valence-electron chi connectivity index (χ3n) is 0.272. The summed E-state index contributed by atoms with van der Waals surface area (Å²) in [4.78, 5) is 0. The van der Waals surface area contributed by atoms with E-state index in [0.29, 0.717) is 6.32 Å². The van der Waals surface area contributed by atoms with Crippen LogP contribution in [0.1, 0.15) is 0 Å². The molecule has 0 aromatic heterocycles. The van der Waals surface area contributed by atoms with Gasteiger partial charge in [-0.05, 0) is 0 Å². The van der Waals surface area contributed by atoms with Gasteiger partial charge in [0.2, 0.25) is 0 Å². The summed E-state index contributed by atoms with van der Waals surface area (Å²) in [6.45, 7) is 6.25. The number of hydrogen-bond donors (Lipinski definition) is 0. The molecule has 0 saturated carbocycles. The van der Waals surface area contributed by atoms with Crippen LogP contribution in [0.15, 0.2) is 18.9 Å². The third-order valence-corrected chi connectivity index (χ3v) is 0.272. The zero-order chi connectivity index (χ0) is 6.83. The fourth-order valence-corrected chi connectivity index (χ4v) is 0.0786. The van der Waals surface area contributed by atoms with Gasteiger partial charge in [-0.3, -0.25) is 0 Å². The molecule has 0 aliphatic rings. The molecular weight excluding hydrogens is 92.5 g/mol. The van der Waals surface area contributed by atoms with E-state index in [0.717, 1.165) is 0 Å². The van der Waals surface area contributed by atoms with Crippen LogP contribution in [0.25, 0.3) is 0 Å². The van der Waals surface area contributed by atoms with Crippen molar-refractivity contribution in [2.45, 2.75) is 6.32 Å². The van der Waals surface area contributed by atoms with E-state index in [4.69, 9.17) is 15.2 Å². The van der Waals surface area contributed by atoms with Crippen molar-refractivity contribution in [2.75, 3.05) is 0 Å². The molecule has 0 aliphatic heterocycles. The molecule has 4 radical (unpaired) electrons. The molecule has 0 amide bonds. The van der Waals surface area contributed by atoms with Gasteiger partial charge in [0, 0.05) is 0 Å². The summed E-state index contributed by atoms with van der Waals surface area (Å²) < 4.78 is 0. The normalized spacial score (nSPS) is 4.88. The Morgan fingerprint density at radius 1 is 1.62 bits per heavy atom. The van der Waals surface area contributed by atoms with Crippen LogP contribution in [-0.2, 0) is 0 Å². The summed E-state index contributed by atoms with van der Waals surface area (Å²) in [5, 5.41) is 0. The molecule has 0 N–H and O–H groups in total. The van der Waals surface area contributed by atoms with Gasteiger partial charge in [0.25, 0.3) is 0 Å². The van der Waals surface area contributed by atoms with Gasteiger partial charge in [0.15, 0.2) is 0 Å². The predicted octanol–water partition coefficient (Wildman–Crippen LogP) is 0.120. The summed E-state index contributed by atoms with van der Waals surface area (Å²) in [5.74, 6) is 1.50. The molecule has 0 aromatic rings. The first-order valence-corrected chi connectivity index (χ1v) is 2.19. The SMILES string of the molecule is C=C=C.[B][B]CC=[B]. The van der Waals surface area contributed by atoms with Gasteiger partial charge in [-0.1, -0.05) is 13.2 Å². The Bertz CT molecular complexity index is 71.7. The first kappa shape index (κ1) is 10.5. The Labute approximate surface area is 54.4 Å². The monoisotopic (exact) mass is 100 g/mol. The number of hydrogen-bond acceptors (Lipinski definition) is 0. The standard InChI is InChI=1S/C3H4.C2H3B3/c1-3-2;3-1-2-5-4/h1-2H2;1H,2H2. The molecule has 3 heteroatoms. The Morgan fingerprint density at radius 3 is 2.00 bits per heavy atom. The topological polar surface area (TPSA) is 0 Å². The maximum absolute atomic E-state index is 4.90. The van der Waals surface area contributed by atoms with E-state index in [1.165, 1.54) is 13.1 Å². The van der Waals surface area contributed by atoms with E-state index >= 15 is 0 Å². The van der Waals surface area contributed by atoms with Crippen molar-refractivity contribution in [1.82, 2.24) is 0 Å². The average molecular weight is 99.5 g/mol. The fourth-order valence-electron chi connectivity index (χ4n) is 0.0786. The van der Waals surface area contributed by atoms with Crippen molar-refractivity contribution in [1.29, 1.82) is 0 Å². The molecule has 36 valence electrons. The zero-order valence-electron chi connectivity index (χ0n) is 4.93. The van der Waals surface area contributed by atoms with E-state index in [-0.39, 0.29) is 0 Å². The summed E-state index contributed by atoms with van der Waals surface area (Å²) >= 11 is 0. The van der Waals surface area contributed by atoms with Crippen LogP contribution in [0, 0.1) is 0 Å². The van der Waals surface area contributed by atoms with E-state index in [9.17, 15) is 0 Å². The Hall–Kier alpha value is -0.415. The summed E-state index contributed by atoms with van der Waals surface area (Å²) in [7, 11) is 11.3. The minimum absolute atomic E-state index is 0.694. The van der Waals surface area contributed by atoms with Crippen LogP contribution in [-0.4, -0.2) is 28.4 Å². The Morgan fingerprint density at radius 2 is 2.00 bits per heavy atom. The Kier molecular flexibility index (Phi) is 21.1. The van der Waals surface area contributed by atoms with Crippen molar-refractivity contribution in [2.24, 2.45) is 0 Å². The van der Waals surface area contributed by atoms with E-state index < -0.39 is 0 Å². The second kappa shape index (κ2) is 16.0. The van der Waals surface area contributed by atoms with Gasteiger partial charge < -0.3 is 0 Å². The maximum atomic E-state index is 4.90. The molecule has 8 heavy (non-hydrogen) atoms. The molecule has 0 nitrogen and oxygen atoms in total. The van der Waals surface area contributed by atoms with Crippen molar-refractivity contribution < 1.29 is 0 Å². The van der Waals surface area contributed by atoms with Crippen molar-refractivity contribution in [3.63, 3.8) is 0 Å². The second-order valence-electron chi connectivity index (χ2n) is 0.957. The molecular formula is C5H7B3. The van der Waals surface area contributed by atoms with Crippen LogP contribution in [0.3, 0.4) is 0 Å². The van der Waals surface area contributed by atoms with Crippen LogP contribution < -0.4 is 0 Å². The van der Waals surface area contributed by atoms with Gasteiger partial charge in [-0.2, -0.15) is 0 Å². The van der Waals surface area contributed by atoms with Gasteiger partial charge in [-0.15, -0.1) is 5.73 Å². The molecule has 0 atom stereocenters. The summed E-state index contributed by atoms with van der Waals surface area (Å²) in [6, 6.07) is 0. The molecule has 0 unspecified atom stereocenters. The van der Waals surface area contributed by atoms with Crippen molar-refractivity contribution >= 4 is 28.4 Å². The van der Waals surface area contributed by atoms with Gasteiger partial charge in [0.05, 0.1) is 0 Å². The molecule has 0 aromatic carbocycles. The van der Waals surface area contributed by atoms with Gasteiger partial charge in [0.1, 0.15) is 0 Å². The molecule has 0 spiro atoms. The first-order chi connectivity index (χ1) is 3.83. The van der Waals surface area contributed by atoms with Crippen molar-refractivity contribution in [3.05, 3.63) is 18.9 Å². The second-order valence-corrected chi connectivity index (χ2v) is 0.957. The molecule has 0 bridgehead atoms. The molecule has 0 aliphatic carbocycles. The predicted molar refractivity (Wildman–Crippen MR) is 42.9 cm³/mol. The molecule has 0 saturated heterocycles. The quantitative estimate of drug-likeness (QED) is 0.341. The molecule has 0 fully saturated rings. The fraction of sp³-hybridized carbons (Fsp3) is 0.200. The average Bonchev–Trinajstić information content (AvgIpc) is 1.71. The van der Waals surface area contributed by atoms with E-state index in [2.05, 4.69) is 18.9 Å². The zero-order valence-corrected chi connectivity index (χ0v) is 4.93. The summed E-state index contributed by atoms with van der Waals surface area (Å²) in [6.07, 6.45) is 0.694. The third kappa shape index (κ3) is 46.7. The van der Waals surface area contributed by atoms with Crippen LogP contribution in [0.5, 0.6) is 0 Å². The van der Waals surface area contributed by atoms with Gasteiger partial charge >= 0.3 is 34.7 Å². The molecule has 0 rings (SSSR count). The van der Waals surface area contributed by atoms with Crippen LogP contribution >= 0.6 is 0 Å². The minimum atomic E-state index is 0.694. The van der Waals surface area contributed by atoms with Crippen LogP contribution in [0.2, 0.25) is 6.32 Å². The van der Waals surface area contributed by atoms with Crippen molar-refractivity contribution in [3.8, 4) is 0 Å². The van der Waals surface area contributed by atoms with Gasteiger partial charge in [-0.25, -0.2) is 0 Å². The number of rotatable bonds is 2. The molecule has 0 heterocycles. The van der Waals surface area contributed by atoms with E-state index in [1.807, 2.05) is 0 Å².